The van der Waals surface area contributed by atoms with E-state index < -0.39 is 12.0 Å². The van der Waals surface area contributed by atoms with Crippen molar-refractivity contribution in [1.82, 2.24) is 14.5 Å². The van der Waals surface area contributed by atoms with Crippen molar-refractivity contribution in [2.24, 2.45) is 0 Å². The number of nitrogens with zero attached hydrogens (tertiary/aromatic N) is 4. The molecule has 0 bridgehead atoms. The van der Waals surface area contributed by atoms with E-state index in [0.717, 1.165) is 25.0 Å². The molecule has 1 atom stereocenters. The summed E-state index contributed by atoms with van der Waals surface area (Å²) in [7, 11) is 0. The van der Waals surface area contributed by atoms with Crippen LogP contribution < -0.4 is 15.2 Å². The van der Waals surface area contributed by atoms with E-state index >= 15 is 0 Å². The Kier molecular flexibility index (Phi) is 4.98. The summed E-state index contributed by atoms with van der Waals surface area (Å²) in [5, 5.41) is 0.636. The third kappa shape index (κ3) is 3.27. The van der Waals surface area contributed by atoms with Gasteiger partial charge in [-0.15, -0.1) is 0 Å². The van der Waals surface area contributed by atoms with Gasteiger partial charge in [-0.25, -0.2) is 4.98 Å². The summed E-state index contributed by atoms with van der Waals surface area (Å²) in [6, 6.07) is 7.12. The van der Waals surface area contributed by atoms with E-state index in [9.17, 15) is 14.4 Å². The van der Waals surface area contributed by atoms with E-state index in [-0.39, 0.29) is 23.6 Å². The second-order valence-electron chi connectivity index (χ2n) is 7.64. The van der Waals surface area contributed by atoms with Gasteiger partial charge in [-0.3, -0.25) is 19.0 Å². The van der Waals surface area contributed by atoms with E-state index in [2.05, 4.69) is 4.98 Å². The minimum atomic E-state index is -0.789. The molecule has 0 spiro atoms. The molecule has 1 aromatic heterocycles. The van der Waals surface area contributed by atoms with Crippen LogP contribution in [0, 0.1) is 0 Å². The number of para-hydroxylation sites is 2. The van der Waals surface area contributed by atoms with Crippen molar-refractivity contribution in [3.63, 3.8) is 0 Å². The molecule has 30 heavy (non-hydrogen) atoms. The van der Waals surface area contributed by atoms with Gasteiger partial charge in [0.05, 0.1) is 12.2 Å². The van der Waals surface area contributed by atoms with Gasteiger partial charge in [-0.2, -0.15) is 0 Å². The highest BCUT2D eigenvalue weighted by Gasteiger charge is 2.37. The molecular weight excluding hydrogens is 404 g/mol. The zero-order valence-electron chi connectivity index (χ0n) is 16.5. The van der Waals surface area contributed by atoms with Crippen molar-refractivity contribution in [2.45, 2.75) is 37.1 Å². The molecule has 2 aromatic rings. The molecule has 0 radical (unpaired) electrons. The Hall–Kier alpha value is -2.81. The number of hydrogen-bond acceptors (Lipinski definition) is 6. The molecule has 9 heteroatoms. The van der Waals surface area contributed by atoms with Crippen molar-refractivity contribution >= 4 is 29.3 Å². The maximum atomic E-state index is 13.4. The number of carbonyl (C=O) groups excluding carboxylic acids is 2. The summed E-state index contributed by atoms with van der Waals surface area (Å²) in [6.45, 7) is 2.04. The summed E-state index contributed by atoms with van der Waals surface area (Å²) < 4.78 is 7.52. The van der Waals surface area contributed by atoms with Crippen LogP contribution in [0.15, 0.2) is 40.4 Å². The first kappa shape index (κ1) is 19.2. The van der Waals surface area contributed by atoms with Crippen LogP contribution >= 0.6 is 11.8 Å². The lowest BCUT2D eigenvalue weighted by Crippen LogP contribution is -2.53. The lowest BCUT2D eigenvalue weighted by molar-refractivity contribution is -0.139. The maximum Gasteiger partial charge on any atom is 0.267 e. The first-order valence-corrected chi connectivity index (χ1v) is 11.2. The van der Waals surface area contributed by atoms with Crippen molar-refractivity contribution in [2.75, 3.05) is 30.3 Å². The molecule has 3 aliphatic rings. The van der Waals surface area contributed by atoms with Crippen LogP contribution in [0.4, 0.5) is 5.69 Å². The van der Waals surface area contributed by atoms with Gasteiger partial charge in [0.2, 0.25) is 0 Å². The molecule has 4 heterocycles. The second-order valence-corrected chi connectivity index (χ2v) is 8.70. The number of anilines is 1. The number of ether oxygens (including phenoxy) is 1. The first-order valence-electron chi connectivity index (χ1n) is 10.2. The molecule has 0 N–H and O–H groups in total. The van der Waals surface area contributed by atoms with Crippen molar-refractivity contribution < 1.29 is 14.3 Å². The van der Waals surface area contributed by atoms with Gasteiger partial charge < -0.3 is 14.5 Å². The van der Waals surface area contributed by atoms with Crippen LogP contribution in [0.3, 0.4) is 0 Å². The lowest BCUT2D eigenvalue weighted by atomic mass is 10.1. The molecule has 156 valence electrons. The zero-order valence-corrected chi connectivity index (χ0v) is 17.3. The average molecular weight is 426 g/mol. The molecule has 0 aliphatic carbocycles. The topological polar surface area (TPSA) is 84.7 Å². The number of benzene rings is 1. The van der Waals surface area contributed by atoms with Crippen LogP contribution in [0.1, 0.15) is 29.6 Å². The third-order valence-electron chi connectivity index (χ3n) is 5.75. The molecule has 3 aliphatic heterocycles. The lowest BCUT2D eigenvalue weighted by Gasteiger charge is -2.37. The number of piperidine rings is 1. The smallest absolute Gasteiger partial charge is 0.267 e. The average Bonchev–Trinajstić information content (AvgIpc) is 3.28. The number of likely N-dealkylation sites (tertiary alicyclic amines) is 1. The molecular formula is C21H22N4O4S. The highest BCUT2D eigenvalue weighted by atomic mass is 32.2. The summed E-state index contributed by atoms with van der Waals surface area (Å²) in [5.41, 5.74) is 0.240. The molecule has 1 saturated heterocycles. The van der Waals surface area contributed by atoms with Crippen molar-refractivity contribution in [3.8, 4) is 5.75 Å². The molecule has 5 rings (SSSR count). The summed E-state index contributed by atoms with van der Waals surface area (Å²) in [5.74, 6) is 0.679. The minimum absolute atomic E-state index is 0.0159. The number of fused-ring (bicyclic) bond motifs is 2. The molecule has 0 unspecified atom stereocenters. The van der Waals surface area contributed by atoms with E-state index in [1.807, 2.05) is 4.90 Å². The van der Waals surface area contributed by atoms with Crippen LogP contribution in [0.2, 0.25) is 0 Å². The van der Waals surface area contributed by atoms with Gasteiger partial charge in [0.25, 0.3) is 17.4 Å². The van der Waals surface area contributed by atoms with Crippen molar-refractivity contribution in [1.29, 1.82) is 0 Å². The fraction of sp³-hybridized carbons (Fsp3) is 0.429. The van der Waals surface area contributed by atoms with Gasteiger partial charge in [0, 0.05) is 31.6 Å². The SMILES string of the molecule is O=C([C@H]1CN(C(=O)c2cnc3n(c2=O)CCS3)c2ccccc2O1)N1CCCCC1. The quantitative estimate of drug-likeness (QED) is 0.681. The fourth-order valence-corrected chi connectivity index (χ4v) is 5.10. The highest BCUT2D eigenvalue weighted by molar-refractivity contribution is 7.99. The fourth-order valence-electron chi connectivity index (χ4n) is 4.18. The van der Waals surface area contributed by atoms with Gasteiger partial charge in [0.15, 0.2) is 11.3 Å². The monoisotopic (exact) mass is 426 g/mol. The number of rotatable bonds is 2. The largest absolute Gasteiger partial charge is 0.476 e. The van der Waals surface area contributed by atoms with Gasteiger partial charge in [0.1, 0.15) is 11.3 Å². The number of thioether (sulfide) groups is 1. The van der Waals surface area contributed by atoms with E-state index in [1.165, 1.54) is 22.9 Å². The Bertz CT molecular complexity index is 1060. The standard InChI is InChI=1S/C21H22N4O4S/c26-18-14(12-22-21-24(18)10-11-30-21)19(27)25-13-17(20(28)23-8-4-1-5-9-23)29-16-7-3-2-6-15(16)25/h2-3,6-7,12,17H,1,4-5,8-11,13H2/t17-/m1/s1. The molecule has 1 aromatic carbocycles. The Morgan fingerprint density at radius 3 is 2.73 bits per heavy atom. The second kappa shape index (κ2) is 7.79. The predicted octanol–water partition coefficient (Wildman–Crippen LogP) is 1.77. The van der Waals surface area contributed by atoms with E-state index in [4.69, 9.17) is 4.74 Å². The van der Waals surface area contributed by atoms with Gasteiger partial charge in [-0.05, 0) is 31.4 Å². The molecule has 0 saturated carbocycles. The number of aromatic nitrogens is 2. The molecule has 8 nitrogen and oxygen atoms in total. The summed E-state index contributed by atoms with van der Waals surface area (Å²) in [6.07, 6.45) is 3.65. The van der Waals surface area contributed by atoms with E-state index in [1.54, 1.807) is 28.8 Å². The number of carbonyl (C=O) groups is 2. The Balaban J connectivity index is 1.48. The van der Waals surface area contributed by atoms with E-state index in [0.29, 0.717) is 36.2 Å². The van der Waals surface area contributed by atoms with Gasteiger partial charge >= 0.3 is 0 Å². The Morgan fingerprint density at radius 1 is 1.10 bits per heavy atom. The van der Waals surface area contributed by atoms with Crippen LogP contribution in [-0.2, 0) is 11.3 Å². The normalized spacial score (nSPS) is 20.3. The van der Waals surface area contributed by atoms with Crippen LogP contribution in [-0.4, -0.2) is 57.8 Å². The Labute approximate surface area is 177 Å². The molecule has 2 amide bonds. The van der Waals surface area contributed by atoms with Crippen LogP contribution in [0.5, 0.6) is 5.75 Å². The predicted molar refractivity (Wildman–Crippen MR) is 112 cm³/mol. The molecule has 1 fully saturated rings. The Morgan fingerprint density at radius 2 is 1.90 bits per heavy atom. The minimum Gasteiger partial charge on any atom is -0.476 e. The zero-order chi connectivity index (χ0) is 20.7. The van der Waals surface area contributed by atoms with Gasteiger partial charge in [-0.1, -0.05) is 23.9 Å². The maximum absolute atomic E-state index is 13.4. The summed E-state index contributed by atoms with van der Waals surface area (Å²) in [4.78, 5) is 46.9. The van der Waals surface area contributed by atoms with Crippen LogP contribution in [0.25, 0.3) is 0 Å². The third-order valence-corrected chi connectivity index (χ3v) is 6.72. The first-order chi connectivity index (χ1) is 14.6. The number of amides is 2. The number of hydrogen-bond donors (Lipinski definition) is 0. The summed E-state index contributed by atoms with van der Waals surface area (Å²) >= 11 is 1.50. The van der Waals surface area contributed by atoms with Crippen molar-refractivity contribution in [3.05, 3.63) is 46.4 Å². The highest BCUT2D eigenvalue weighted by Crippen LogP contribution is 2.34.